The lowest BCUT2D eigenvalue weighted by atomic mass is 10.3. The minimum Gasteiger partial charge on any atom is -0.497 e. The van der Waals surface area contributed by atoms with Crippen molar-refractivity contribution in [1.82, 2.24) is 0 Å². The highest BCUT2D eigenvalue weighted by Crippen LogP contribution is 2.16. The van der Waals surface area contributed by atoms with Crippen LogP contribution in [0.15, 0.2) is 48.5 Å². The summed E-state index contributed by atoms with van der Waals surface area (Å²) < 4.78 is 9.97. The highest BCUT2D eigenvalue weighted by atomic mass is 16.6. The molecule has 152 valence electrons. The minimum absolute atomic E-state index is 0.0803. The molecule has 0 aromatic heterocycles. The highest BCUT2D eigenvalue weighted by Gasteiger charge is 1.95. The quantitative estimate of drug-likeness (QED) is 0.284. The van der Waals surface area contributed by atoms with Crippen LogP contribution in [0.4, 0.5) is 16.2 Å². The van der Waals surface area contributed by atoms with Crippen LogP contribution < -0.4 is 31.6 Å². The average Bonchev–Trinajstić information content (AvgIpc) is 2.61. The van der Waals surface area contributed by atoms with Crippen LogP contribution in [-0.4, -0.2) is 42.5 Å². The zero-order valence-electron chi connectivity index (χ0n) is 15.4. The Labute approximate surface area is 161 Å². The van der Waals surface area contributed by atoms with Crippen molar-refractivity contribution < 1.29 is 24.5 Å². The number of hydrogen-bond donors (Lipinski definition) is 8. The van der Waals surface area contributed by atoms with Gasteiger partial charge in [-0.1, -0.05) is 12.1 Å². The number of hydrogen-bond acceptors (Lipinski definition) is 5. The third-order valence-corrected chi connectivity index (χ3v) is 2.70. The summed E-state index contributed by atoms with van der Waals surface area (Å²) in [6.07, 6.45) is -1.83. The van der Waals surface area contributed by atoms with Crippen LogP contribution in [0, 0.1) is 10.8 Å². The van der Waals surface area contributed by atoms with Crippen LogP contribution in [-0.2, 0) is 0 Å². The minimum atomic E-state index is -1.83. The number of carbonyl (C=O) groups is 1. The van der Waals surface area contributed by atoms with E-state index in [1.165, 1.54) is 0 Å². The van der Waals surface area contributed by atoms with Gasteiger partial charge in [0.1, 0.15) is 11.5 Å². The Morgan fingerprint density at radius 1 is 0.857 bits per heavy atom. The summed E-state index contributed by atoms with van der Waals surface area (Å²) in [5, 5.41) is 33.2. The van der Waals surface area contributed by atoms with E-state index in [1.807, 2.05) is 36.4 Å². The van der Waals surface area contributed by atoms with Gasteiger partial charge in [0.15, 0.2) is 11.9 Å². The van der Waals surface area contributed by atoms with Crippen LogP contribution >= 0.6 is 0 Å². The fourth-order valence-electron chi connectivity index (χ4n) is 1.71. The van der Waals surface area contributed by atoms with Gasteiger partial charge in [-0.05, 0) is 24.3 Å². The molecule has 0 unspecified atom stereocenters. The number of methoxy groups -OCH3 is 2. The molecule has 0 radical (unpaired) electrons. The molecule has 0 saturated heterocycles. The fourth-order valence-corrected chi connectivity index (χ4v) is 1.71. The van der Waals surface area contributed by atoms with E-state index in [-0.39, 0.29) is 11.9 Å². The van der Waals surface area contributed by atoms with Gasteiger partial charge in [-0.2, -0.15) is 0 Å². The van der Waals surface area contributed by atoms with Gasteiger partial charge >= 0.3 is 6.16 Å². The SMILES string of the molecule is COc1cccc(NC(=N)N)c1.COc1cccc(NC(=N)N)c1.O=C(O)O. The average molecular weight is 392 g/mol. The summed E-state index contributed by atoms with van der Waals surface area (Å²) in [5.74, 6) is 1.31. The number of nitrogens with one attached hydrogen (secondary N) is 4. The molecule has 10 N–H and O–H groups in total. The third-order valence-electron chi connectivity index (χ3n) is 2.70. The first-order valence-corrected chi connectivity index (χ1v) is 7.60. The van der Waals surface area contributed by atoms with E-state index >= 15 is 0 Å². The van der Waals surface area contributed by atoms with Crippen LogP contribution in [0.5, 0.6) is 11.5 Å². The molecule has 0 aliphatic carbocycles. The van der Waals surface area contributed by atoms with Gasteiger partial charge in [0.25, 0.3) is 0 Å². The van der Waals surface area contributed by atoms with Crippen molar-refractivity contribution in [3.05, 3.63) is 48.5 Å². The van der Waals surface area contributed by atoms with Crippen LogP contribution in [0.2, 0.25) is 0 Å². The Morgan fingerprint density at radius 3 is 1.43 bits per heavy atom. The van der Waals surface area contributed by atoms with E-state index in [1.54, 1.807) is 26.4 Å². The standard InChI is InChI=1S/2C8H11N3O.CH2O3/c2*1-12-7-4-2-3-6(5-7)11-8(9)10;2-1(3)4/h2*2-5H,1H3,(H4,9,10,11);(H2,2,3,4). The highest BCUT2D eigenvalue weighted by molar-refractivity contribution is 5.90. The molecule has 2 aromatic carbocycles. The molecule has 0 heterocycles. The molecule has 0 amide bonds. The number of carboxylic acid groups (broad SMARTS) is 2. The largest absolute Gasteiger partial charge is 0.503 e. The van der Waals surface area contributed by atoms with Crippen molar-refractivity contribution in [3.8, 4) is 11.5 Å². The second-order valence-electron chi connectivity index (χ2n) is 4.82. The Morgan fingerprint density at radius 2 is 1.18 bits per heavy atom. The van der Waals surface area contributed by atoms with Crippen LogP contribution in [0.1, 0.15) is 0 Å². The lowest BCUT2D eigenvalue weighted by Crippen LogP contribution is -2.20. The molecule has 0 aliphatic rings. The monoisotopic (exact) mass is 392 g/mol. The molecular formula is C17H24N6O5. The maximum absolute atomic E-state index is 8.56. The predicted molar refractivity (Wildman–Crippen MR) is 108 cm³/mol. The zero-order valence-corrected chi connectivity index (χ0v) is 15.4. The number of rotatable bonds is 4. The third kappa shape index (κ3) is 12.2. The summed E-state index contributed by atoms with van der Waals surface area (Å²) in [4.78, 5) is 8.56. The molecule has 2 rings (SSSR count). The summed E-state index contributed by atoms with van der Waals surface area (Å²) in [7, 11) is 3.18. The van der Waals surface area contributed by atoms with E-state index in [0.717, 1.165) is 22.9 Å². The molecule has 0 saturated carbocycles. The normalized spacial score (nSPS) is 8.64. The van der Waals surface area contributed by atoms with Gasteiger partial charge in [-0.15, -0.1) is 0 Å². The fraction of sp³-hybridized carbons (Fsp3) is 0.118. The van der Waals surface area contributed by atoms with E-state index in [0.29, 0.717) is 0 Å². The Kier molecular flexibility index (Phi) is 11.2. The molecule has 0 fully saturated rings. The molecule has 28 heavy (non-hydrogen) atoms. The molecule has 0 aliphatic heterocycles. The second kappa shape index (κ2) is 13.1. The van der Waals surface area contributed by atoms with Gasteiger partial charge in [-0.25, -0.2) is 4.79 Å². The molecular weight excluding hydrogens is 368 g/mol. The van der Waals surface area contributed by atoms with Crippen molar-refractivity contribution in [3.63, 3.8) is 0 Å². The number of nitrogens with two attached hydrogens (primary N) is 2. The topological polar surface area (TPSA) is 200 Å². The number of anilines is 2. The maximum Gasteiger partial charge on any atom is 0.503 e. The number of ether oxygens (including phenoxy) is 2. The molecule has 2 aromatic rings. The van der Waals surface area contributed by atoms with Gasteiger partial charge in [-0.3, -0.25) is 10.8 Å². The Bertz CT molecular complexity index is 721. The van der Waals surface area contributed by atoms with Crippen molar-refractivity contribution in [2.45, 2.75) is 0 Å². The molecule has 11 heteroatoms. The number of benzene rings is 2. The number of guanidine groups is 2. The predicted octanol–water partition coefficient (Wildman–Crippen LogP) is 2.22. The van der Waals surface area contributed by atoms with Gasteiger partial charge in [0, 0.05) is 23.5 Å². The molecule has 11 nitrogen and oxygen atoms in total. The van der Waals surface area contributed by atoms with Crippen molar-refractivity contribution in [1.29, 1.82) is 10.8 Å². The maximum atomic E-state index is 8.56. The van der Waals surface area contributed by atoms with Crippen molar-refractivity contribution >= 4 is 29.4 Å². The van der Waals surface area contributed by atoms with E-state index in [4.69, 9.17) is 46.8 Å². The van der Waals surface area contributed by atoms with E-state index < -0.39 is 6.16 Å². The summed E-state index contributed by atoms with van der Waals surface area (Å²) >= 11 is 0. The summed E-state index contributed by atoms with van der Waals surface area (Å²) in [6.45, 7) is 0. The van der Waals surface area contributed by atoms with Crippen molar-refractivity contribution in [2.75, 3.05) is 24.9 Å². The smallest absolute Gasteiger partial charge is 0.497 e. The van der Waals surface area contributed by atoms with Gasteiger partial charge in [0.2, 0.25) is 0 Å². The second-order valence-corrected chi connectivity index (χ2v) is 4.82. The summed E-state index contributed by atoms with van der Waals surface area (Å²) in [6, 6.07) is 14.4. The van der Waals surface area contributed by atoms with Gasteiger partial charge in [0.05, 0.1) is 14.2 Å². The van der Waals surface area contributed by atoms with E-state index in [2.05, 4.69) is 10.6 Å². The van der Waals surface area contributed by atoms with Gasteiger partial charge < -0.3 is 41.8 Å². The van der Waals surface area contributed by atoms with Crippen LogP contribution in [0.3, 0.4) is 0 Å². The van der Waals surface area contributed by atoms with Crippen molar-refractivity contribution in [2.24, 2.45) is 11.5 Å². The summed E-state index contributed by atoms with van der Waals surface area (Å²) in [5.41, 5.74) is 11.8. The molecule has 0 spiro atoms. The molecule has 0 bridgehead atoms. The lowest BCUT2D eigenvalue weighted by Gasteiger charge is -2.04. The zero-order chi connectivity index (χ0) is 21.5. The van der Waals surface area contributed by atoms with Crippen LogP contribution in [0.25, 0.3) is 0 Å². The Hall–Kier alpha value is -4.15. The Balaban J connectivity index is 0.000000439. The van der Waals surface area contributed by atoms with E-state index in [9.17, 15) is 0 Å². The first-order valence-electron chi connectivity index (χ1n) is 7.60. The first-order chi connectivity index (χ1) is 13.2. The molecule has 0 atom stereocenters. The lowest BCUT2D eigenvalue weighted by molar-refractivity contribution is 0.137. The first kappa shape index (κ1) is 23.9.